The highest BCUT2D eigenvalue weighted by Gasteiger charge is 2.44. The number of aromatic amines is 1. The minimum Gasteiger partial charge on any atom is -0.394 e. The Morgan fingerprint density at radius 3 is 2.55 bits per heavy atom. The van der Waals surface area contributed by atoms with E-state index in [9.17, 15) is 38.9 Å². The first-order chi connectivity index (χ1) is 13.5. The van der Waals surface area contributed by atoms with Crippen molar-refractivity contribution in [3.63, 3.8) is 0 Å². The van der Waals surface area contributed by atoms with E-state index in [0.29, 0.717) is 10.8 Å². The number of nitrogens with zero attached hydrogens (tertiary/aromatic N) is 1. The number of H-pyrrole nitrogens is 1. The Morgan fingerprint density at radius 1 is 1.28 bits per heavy atom. The molecule has 162 valence electrons. The molecular weight excluding hydrogens is 399 g/mol. The molecule has 1 fully saturated rings. The van der Waals surface area contributed by atoms with E-state index in [1.54, 1.807) is 4.98 Å². The van der Waals surface area contributed by atoms with Gasteiger partial charge in [-0.05, 0) is 6.92 Å². The molecule has 0 saturated carbocycles. The Hall–Kier alpha value is -2.65. The molecule has 14 heteroatoms. The van der Waals surface area contributed by atoms with Crippen LogP contribution in [0.15, 0.2) is 15.8 Å². The van der Waals surface area contributed by atoms with E-state index in [-0.39, 0.29) is 0 Å². The summed E-state index contributed by atoms with van der Waals surface area (Å²) in [6.07, 6.45) is -7.17. The summed E-state index contributed by atoms with van der Waals surface area (Å²) in [6, 6.07) is -1.21. The molecule has 1 aromatic rings. The second-order valence-electron chi connectivity index (χ2n) is 6.41. The number of ether oxygens (including phenoxy) is 1. The van der Waals surface area contributed by atoms with Gasteiger partial charge in [-0.1, -0.05) is 0 Å². The SMILES string of the molecule is C[C@H](NC(=O)Cn1cc(F)c(=O)[nH]c1=O)C(=O)N[C@@H]1O[C@H](CO)[C@H](O)[C@H](O)[C@H]1O. The van der Waals surface area contributed by atoms with Gasteiger partial charge in [-0.2, -0.15) is 4.39 Å². The predicted molar refractivity (Wildman–Crippen MR) is 90.8 cm³/mol. The zero-order valence-electron chi connectivity index (χ0n) is 15.1. The molecule has 2 amide bonds. The summed E-state index contributed by atoms with van der Waals surface area (Å²) in [4.78, 5) is 48.3. The van der Waals surface area contributed by atoms with Gasteiger partial charge in [0.25, 0.3) is 5.56 Å². The fourth-order valence-electron chi connectivity index (χ4n) is 2.59. The van der Waals surface area contributed by atoms with Gasteiger partial charge in [-0.25, -0.2) is 4.79 Å². The van der Waals surface area contributed by atoms with Crippen molar-refractivity contribution in [3.05, 3.63) is 32.9 Å². The van der Waals surface area contributed by atoms with E-state index in [0.717, 1.165) is 0 Å². The molecule has 0 spiro atoms. The number of aromatic nitrogens is 2. The van der Waals surface area contributed by atoms with Crippen LogP contribution in [0.2, 0.25) is 0 Å². The number of carbonyl (C=O) groups is 2. The average Bonchev–Trinajstić information content (AvgIpc) is 2.66. The minimum atomic E-state index is -1.71. The smallest absolute Gasteiger partial charge is 0.328 e. The topological polar surface area (TPSA) is 203 Å². The molecule has 6 atom stereocenters. The quantitative estimate of drug-likeness (QED) is 0.235. The van der Waals surface area contributed by atoms with Crippen LogP contribution in [0.3, 0.4) is 0 Å². The van der Waals surface area contributed by atoms with Crippen LogP contribution in [0.4, 0.5) is 4.39 Å². The Bertz CT molecular complexity index is 870. The summed E-state index contributed by atoms with van der Waals surface area (Å²) in [6.45, 7) is -0.119. The number of hydrogen-bond acceptors (Lipinski definition) is 9. The maximum absolute atomic E-state index is 13.2. The van der Waals surface area contributed by atoms with Crippen molar-refractivity contribution in [2.45, 2.75) is 50.2 Å². The van der Waals surface area contributed by atoms with Crippen LogP contribution < -0.4 is 21.9 Å². The third-order valence-corrected chi connectivity index (χ3v) is 4.23. The third-order valence-electron chi connectivity index (χ3n) is 4.23. The van der Waals surface area contributed by atoms with Crippen molar-refractivity contribution in [1.29, 1.82) is 0 Å². The Labute approximate surface area is 161 Å². The van der Waals surface area contributed by atoms with Gasteiger partial charge in [0.1, 0.15) is 37.0 Å². The minimum absolute atomic E-state index is 0.541. The van der Waals surface area contributed by atoms with Crippen molar-refractivity contribution in [1.82, 2.24) is 20.2 Å². The Morgan fingerprint density at radius 2 is 1.93 bits per heavy atom. The molecule has 0 unspecified atom stereocenters. The number of amides is 2. The summed E-state index contributed by atoms with van der Waals surface area (Å²) in [5.41, 5.74) is -2.26. The number of nitrogens with one attached hydrogen (secondary N) is 3. The van der Waals surface area contributed by atoms with Gasteiger partial charge in [0.15, 0.2) is 6.23 Å². The molecule has 13 nitrogen and oxygen atoms in total. The van der Waals surface area contributed by atoms with Gasteiger partial charge in [0.2, 0.25) is 17.6 Å². The van der Waals surface area contributed by atoms with Crippen LogP contribution in [0, 0.1) is 5.82 Å². The van der Waals surface area contributed by atoms with Crippen molar-refractivity contribution in [3.8, 4) is 0 Å². The summed E-state index contributed by atoms with van der Waals surface area (Å²) >= 11 is 0. The van der Waals surface area contributed by atoms with Crippen LogP contribution >= 0.6 is 0 Å². The van der Waals surface area contributed by atoms with E-state index in [1.165, 1.54) is 6.92 Å². The second-order valence-corrected chi connectivity index (χ2v) is 6.41. The molecule has 0 bridgehead atoms. The molecule has 1 saturated heterocycles. The van der Waals surface area contributed by atoms with Crippen LogP contribution in [0.1, 0.15) is 6.92 Å². The maximum atomic E-state index is 13.2. The lowest BCUT2D eigenvalue weighted by Crippen LogP contribution is -2.64. The molecule has 0 aliphatic carbocycles. The van der Waals surface area contributed by atoms with Gasteiger partial charge in [0, 0.05) is 0 Å². The number of aliphatic hydroxyl groups excluding tert-OH is 4. The average molecular weight is 420 g/mol. The molecule has 1 aromatic heterocycles. The van der Waals surface area contributed by atoms with Crippen LogP contribution in [-0.4, -0.2) is 85.1 Å². The number of carbonyl (C=O) groups excluding carboxylic acids is 2. The first-order valence-electron chi connectivity index (χ1n) is 8.44. The normalized spacial score (nSPS) is 27.9. The molecule has 1 aliphatic rings. The van der Waals surface area contributed by atoms with Crippen molar-refractivity contribution >= 4 is 11.8 Å². The van der Waals surface area contributed by atoms with Gasteiger partial charge in [0.05, 0.1) is 12.8 Å². The lowest BCUT2D eigenvalue weighted by molar-refractivity contribution is -0.236. The lowest BCUT2D eigenvalue weighted by Gasteiger charge is -2.40. The number of aliphatic hydroxyl groups is 4. The number of rotatable bonds is 6. The molecule has 2 heterocycles. The van der Waals surface area contributed by atoms with Crippen LogP contribution in [0.5, 0.6) is 0 Å². The van der Waals surface area contributed by atoms with E-state index < -0.39 is 78.7 Å². The van der Waals surface area contributed by atoms with E-state index in [4.69, 9.17) is 9.84 Å². The van der Waals surface area contributed by atoms with Crippen molar-refractivity contribution in [2.75, 3.05) is 6.61 Å². The lowest BCUT2D eigenvalue weighted by atomic mass is 9.98. The summed E-state index contributed by atoms with van der Waals surface area (Å²) in [5.74, 6) is -3.00. The van der Waals surface area contributed by atoms with E-state index >= 15 is 0 Å². The number of halogens is 1. The van der Waals surface area contributed by atoms with E-state index in [1.807, 2.05) is 0 Å². The molecule has 1 aliphatic heterocycles. The highest BCUT2D eigenvalue weighted by atomic mass is 19.1. The molecule has 0 aromatic carbocycles. The molecular formula is C15H21FN4O9. The Kier molecular flexibility index (Phi) is 7.21. The van der Waals surface area contributed by atoms with Gasteiger partial charge < -0.3 is 35.8 Å². The standard InChI is InChI=1S/C15H21FN4O9/c1-5(17-8(22)3-20-2-6(16)13(27)19-15(20)28)12(26)18-14-11(25)10(24)9(23)7(4-21)29-14/h2,5,7,9-11,14,21,23-25H,3-4H2,1H3,(H,17,22)(H,18,26)(H,19,27,28)/t5-,7+,9-,10-,11+,14+/m0/s1. The monoisotopic (exact) mass is 420 g/mol. The van der Waals surface area contributed by atoms with Gasteiger partial charge >= 0.3 is 5.69 Å². The first-order valence-corrected chi connectivity index (χ1v) is 8.44. The maximum Gasteiger partial charge on any atom is 0.328 e. The largest absolute Gasteiger partial charge is 0.394 e. The zero-order chi connectivity index (χ0) is 21.9. The summed E-state index contributed by atoms with van der Waals surface area (Å²) in [7, 11) is 0. The third kappa shape index (κ3) is 5.24. The fraction of sp³-hybridized carbons (Fsp3) is 0.600. The molecule has 0 radical (unpaired) electrons. The second kappa shape index (κ2) is 9.23. The Balaban J connectivity index is 1.96. The molecule has 7 N–H and O–H groups in total. The van der Waals surface area contributed by atoms with Crippen LogP contribution in [0.25, 0.3) is 0 Å². The molecule has 2 rings (SSSR count). The van der Waals surface area contributed by atoms with Gasteiger partial charge in [-0.3, -0.25) is 23.9 Å². The summed E-state index contributed by atoms with van der Waals surface area (Å²) < 4.78 is 18.9. The number of hydrogen-bond donors (Lipinski definition) is 7. The highest BCUT2D eigenvalue weighted by Crippen LogP contribution is 2.19. The van der Waals surface area contributed by atoms with Crippen molar-refractivity contribution in [2.24, 2.45) is 0 Å². The van der Waals surface area contributed by atoms with Crippen LogP contribution in [-0.2, 0) is 20.9 Å². The molecule has 29 heavy (non-hydrogen) atoms. The first kappa shape index (κ1) is 22.6. The zero-order valence-corrected chi connectivity index (χ0v) is 15.1. The van der Waals surface area contributed by atoms with Gasteiger partial charge in [-0.15, -0.1) is 0 Å². The summed E-state index contributed by atoms with van der Waals surface area (Å²) in [5, 5.41) is 42.8. The fourth-order valence-corrected chi connectivity index (χ4v) is 2.59. The van der Waals surface area contributed by atoms with Crippen molar-refractivity contribution < 1.29 is 39.1 Å². The predicted octanol–water partition coefficient (Wildman–Crippen LogP) is -4.90. The highest BCUT2D eigenvalue weighted by molar-refractivity contribution is 5.87. The van der Waals surface area contributed by atoms with E-state index in [2.05, 4.69) is 10.6 Å².